The van der Waals surface area contributed by atoms with Crippen molar-refractivity contribution in [3.63, 3.8) is 0 Å². The summed E-state index contributed by atoms with van der Waals surface area (Å²) in [7, 11) is 2.00. The molecule has 0 radical (unpaired) electrons. The highest BCUT2D eigenvalue weighted by Gasteiger charge is 2.12. The van der Waals surface area contributed by atoms with Gasteiger partial charge in [-0.15, -0.1) is 10.2 Å². The van der Waals surface area contributed by atoms with Crippen LogP contribution in [0.15, 0.2) is 47.6 Å². The Bertz CT molecular complexity index is 988. The van der Waals surface area contributed by atoms with E-state index in [0.717, 1.165) is 33.3 Å². The highest BCUT2D eigenvalue weighted by molar-refractivity contribution is 7.98. The second-order valence-corrected chi connectivity index (χ2v) is 7.04. The lowest BCUT2D eigenvalue weighted by Crippen LogP contribution is -1.95. The Morgan fingerprint density at radius 1 is 1.04 bits per heavy atom. The van der Waals surface area contributed by atoms with E-state index in [1.54, 1.807) is 11.8 Å². The first kappa shape index (κ1) is 15.3. The van der Waals surface area contributed by atoms with Crippen LogP contribution in [0, 0.1) is 6.92 Å². The molecule has 0 N–H and O–H groups in total. The van der Waals surface area contributed by atoms with Crippen LogP contribution in [0.5, 0.6) is 0 Å². The lowest BCUT2D eigenvalue weighted by Gasteiger charge is -2.05. The minimum Gasteiger partial charge on any atom is -0.305 e. The highest BCUT2D eigenvalue weighted by atomic mass is 32.2. The van der Waals surface area contributed by atoms with Gasteiger partial charge in [-0.05, 0) is 18.6 Å². The molecule has 24 heavy (non-hydrogen) atoms. The maximum atomic E-state index is 4.39. The number of benzene rings is 2. The number of hydrogen-bond acceptors (Lipinski definition) is 6. The molecule has 0 bridgehead atoms. The average molecular weight is 353 g/mol. The Morgan fingerprint density at radius 3 is 2.71 bits per heavy atom. The number of aromatic nitrogens is 5. The molecule has 4 rings (SSSR count). The zero-order valence-corrected chi connectivity index (χ0v) is 14.9. The standard InChI is InChI=1S/C17H15N5S2/c1-11-6-8-12(9-7-11)16-18-19-17(22(16)2)23-10-13-4-3-5-14-15(13)21-24-20-14/h3-9H,10H2,1-2H3. The van der Waals surface area contributed by atoms with E-state index in [2.05, 4.69) is 56.2 Å². The van der Waals surface area contributed by atoms with Gasteiger partial charge in [0.1, 0.15) is 11.0 Å². The molecule has 0 aliphatic rings. The summed E-state index contributed by atoms with van der Waals surface area (Å²) >= 11 is 2.92. The molecule has 2 heterocycles. The van der Waals surface area contributed by atoms with E-state index in [-0.39, 0.29) is 0 Å². The third kappa shape index (κ3) is 2.81. The van der Waals surface area contributed by atoms with Crippen LogP contribution in [0.3, 0.4) is 0 Å². The smallest absolute Gasteiger partial charge is 0.191 e. The molecule has 0 fully saturated rings. The first-order valence-electron chi connectivity index (χ1n) is 7.52. The molecule has 0 amide bonds. The van der Waals surface area contributed by atoms with Crippen molar-refractivity contribution in [1.82, 2.24) is 23.5 Å². The molecule has 0 aliphatic carbocycles. The monoisotopic (exact) mass is 353 g/mol. The SMILES string of the molecule is Cc1ccc(-c2nnc(SCc3cccc4nsnc34)n2C)cc1. The van der Waals surface area contributed by atoms with Crippen LogP contribution < -0.4 is 0 Å². The largest absolute Gasteiger partial charge is 0.305 e. The summed E-state index contributed by atoms with van der Waals surface area (Å²) in [5.41, 5.74) is 5.42. The van der Waals surface area contributed by atoms with Crippen LogP contribution in [0.25, 0.3) is 22.4 Å². The fourth-order valence-corrected chi connectivity index (χ4v) is 3.98. The zero-order chi connectivity index (χ0) is 16.5. The second-order valence-electron chi connectivity index (χ2n) is 5.57. The van der Waals surface area contributed by atoms with Gasteiger partial charge < -0.3 is 4.57 Å². The van der Waals surface area contributed by atoms with Gasteiger partial charge in [0.2, 0.25) is 0 Å². The first-order chi connectivity index (χ1) is 11.7. The number of rotatable bonds is 4. The predicted octanol–water partition coefficient (Wildman–Crippen LogP) is 4.09. The molecule has 0 saturated carbocycles. The number of nitrogens with zero attached hydrogens (tertiary/aromatic N) is 5. The minimum absolute atomic E-state index is 0.794. The van der Waals surface area contributed by atoms with Crippen LogP contribution in [-0.2, 0) is 12.8 Å². The molecular formula is C17H15N5S2. The van der Waals surface area contributed by atoms with Crippen molar-refractivity contribution < 1.29 is 0 Å². The Labute approximate surface area is 148 Å². The van der Waals surface area contributed by atoms with Crippen molar-refractivity contribution in [2.75, 3.05) is 0 Å². The van der Waals surface area contributed by atoms with Crippen molar-refractivity contribution in [3.8, 4) is 11.4 Å². The molecule has 7 heteroatoms. The Kier molecular flexibility index (Phi) is 4.03. The molecule has 0 unspecified atom stereocenters. The Balaban J connectivity index is 1.57. The molecule has 0 spiro atoms. The summed E-state index contributed by atoms with van der Waals surface area (Å²) < 4.78 is 10.7. The van der Waals surface area contributed by atoms with Crippen molar-refractivity contribution in [2.24, 2.45) is 7.05 Å². The van der Waals surface area contributed by atoms with Gasteiger partial charge in [-0.2, -0.15) is 8.75 Å². The normalized spacial score (nSPS) is 11.2. The summed E-state index contributed by atoms with van der Waals surface area (Å²) in [5.74, 6) is 1.67. The Morgan fingerprint density at radius 2 is 1.88 bits per heavy atom. The van der Waals surface area contributed by atoms with E-state index < -0.39 is 0 Å². The molecular weight excluding hydrogens is 338 g/mol. The highest BCUT2D eigenvalue weighted by Crippen LogP contribution is 2.27. The number of fused-ring (bicyclic) bond motifs is 1. The van der Waals surface area contributed by atoms with E-state index in [0.29, 0.717) is 0 Å². The molecule has 0 atom stereocenters. The van der Waals surface area contributed by atoms with Crippen molar-refractivity contribution in [1.29, 1.82) is 0 Å². The molecule has 2 aromatic carbocycles. The number of aryl methyl sites for hydroxylation is 1. The molecule has 0 aliphatic heterocycles. The number of thioether (sulfide) groups is 1. The summed E-state index contributed by atoms with van der Waals surface area (Å²) in [6, 6.07) is 14.4. The number of hydrogen-bond donors (Lipinski definition) is 0. The van der Waals surface area contributed by atoms with Gasteiger partial charge in [0.05, 0.1) is 11.7 Å². The van der Waals surface area contributed by atoms with Crippen molar-refractivity contribution in [3.05, 3.63) is 53.6 Å². The molecule has 120 valence electrons. The lowest BCUT2D eigenvalue weighted by atomic mass is 10.1. The molecule has 0 saturated heterocycles. The topological polar surface area (TPSA) is 56.5 Å². The van der Waals surface area contributed by atoms with Gasteiger partial charge in [0, 0.05) is 18.4 Å². The van der Waals surface area contributed by atoms with Gasteiger partial charge in [-0.25, -0.2) is 0 Å². The minimum atomic E-state index is 0.794. The van der Waals surface area contributed by atoms with Crippen LogP contribution >= 0.6 is 23.5 Å². The van der Waals surface area contributed by atoms with E-state index in [9.17, 15) is 0 Å². The third-order valence-electron chi connectivity index (χ3n) is 3.87. The van der Waals surface area contributed by atoms with Gasteiger partial charge in [-0.3, -0.25) is 0 Å². The summed E-state index contributed by atoms with van der Waals surface area (Å²) in [4.78, 5) is 0. The van der Waals surface area contributed by atoms with Crippen LogP contribution in [0.1, 0.15) is 11.1 Å². The van der Waals surface area contributed by atoms with Gasteiger partial charge in [-0.1, -0.05) is 53.7 Å². The van der Waals surface area contributed by atoms with Crippen molar-refractivity contribution in [2.45, 2.75) is 17.8 Å². The van der Waals surface area contributed by atoms with Crippen LogP contribution in [-0.4, -0.2) is 23.5 Å². The fraction of sp³-hybridized carbons (Fsp3) is 0.176. The van der Waals surface area contributed by atoms with Crippen LogP contribution in [0.4, 0.5) is 0 Å². The van der Waals surface area contributed by atoms with Gasteiger partial charge >= 0.3 is 0 Å². The molecule has 2 aromatic heterocycles. The summed E-state index contributed by atoms with van der Waals surface area (Å²) in [5, 5.41) is 9.58. The summed E-state index contributed by atoms with van der Waals surface area (Å²) in [6.45, 7) is 2.08. The zero-order valence-electron chi connectivity index (χ0n) is 13.3. The summed E-state index contributed by atoms with van der Waals surface area (Å²) in [6.07, 6.45) is 0. The maximum absolute atomic E-state index is 4.39. The van der Waals surface area contributed by atoms with E-state index in [1.807, 2.05) is 23.7 Å². The third-order valence-corrected chi connectivity index (χ3v) is 5.48. The predicted molar refractivity (Wildman–Crippen MR) is 98.2 cm³/mol. The quantitative estimate of drug-likeness (QED) is 0.517. The second kappa shape index (κ2) is 6.33. The molecule has 4 aromatic rings. The van der Waals surface area contributed by atoms with Crippen molar-refractivity contribution >= 4 is 34.5 Å². The van der Waals surface area contributed by atoms with Gasteiger partial charge in [0.25, 0.3) is 0 Å². The Hall–Kier alpha value is -2.25. The first-order valence-corrected chi connectivity index (χ1v) is 9.23. The lowest BCUT2D eigenvalue weighted by molar-refractivity contribution is 0.794. The van der Waals surface area contributed by atoms with Gasteiger partial charge in [0.15, 0.2) is 11.0 Å². The molecule has 5 nitrogen and oxygen atoms in total. The van der Waals surface area contributed by atoms with E-state index in [4.69, 9.17) is 0 Å². The average Bonchev–Trinajstić information content (AvgIpc) is 3.21. The van der Waals surface area contributed by atoms with E-state index in [1.165, 1.54) is 22.9 Å². The van der Waals surface area contributed by atoms with E-state index >= 15 is 0 Å². The fourth-order valence-electron chi connectivity index (χ4n) is 2.52. The maximum Gasteiger partial charge on any atom is 0.191 e. The van der Waals surface area contributed by atoms with Crippen LogP contribution in [0.2, 0.25) is 0 Å².